The van der Waals surface area contributed by atoms with Crippen molar-refractivity contribution in [3.8, 4) is 0 Å². The third kappa shape index (κ3) is 3.28. The van der Waals surface area contributed by atoms with Gasteiger partial charge in [-0.1, -0.05) is 26.8 Å². The molecule has 0 bridgehead atoms. The Bertz CT molecular complexity index is 498. The maximum atomic E-state index is 12.8. The molecule has 0 spiro atoms. The Balaban J connectivity index is 2.22. The predicted octanol–water partition coefficient (Wildman–Crippen LogP) is 2.44. The quantitative estimate of drug-likeness (QED) is 0.908. The van der Waals surface area contributed by atoms with Gasteiger partial charge in [0.2, 0.25) is 11.8 Å². The third-order valence-electron chi connectivity index (χ3n) is 4.06. The molecule has 0 aliphatic carbocycles. The zero-order valence-electron chi connectivity index (χ0n) is 13.1. The molecule has 2 rings (SSSR count). The number of thiophene rings is 1. The molecule has 1 aromatic rings. The zero-order chi connectivity index (χ0) is 15.6. The van der Waals surface area contributed by atoms with Crippen molar-refractivity contribution >= 4 is 23.2 Å². The van der Waals surface area contributed by atoms with Crippen LogP contribution in [0.15, 0.2) is 17.5 Å². The van der Waals surface area contributed by atoms with Crippen LogP contribution in [0.3, 0.4) is 0 Å². The van der Waals surface area contributed by atoms with Crippen molar-refractivity contribution in [3.05, 3.63) is 22.4 Å². The van der Waals surface area contributed by atoms with Crippen molar-refractivity contribution in [3.63, 3.8) is 0 Å². The molecule has 1 aliphatic rings. The molecule has 21 heavy (non-hydrogen) atoms. The number of nitrogens with zero attached hydrogens (tertiary/aromatic N) is 1. The Morgan fingerprint density at radius 3 is 2.57 bits per heavy atom. The van der Waals surface area contributed by atoms with Crippen molar-refractivity contribution in [1.29, 1.82) is 0 Å². The van der Waals surface area contributed by atoms with Gasteiger partial charge in [-0.25, -0.2) is 0 Å². The maximum absolute atomic E-state index is 12.8. The molecular weight excluding hydrogens is 284 g/mol. The summed E-state index contributed by atoms with van der Waals surface area (Å²) < 4.78 is 0. The molecule has 3 unspecified atom stereocenters. The van der Waals surface area contributed by atoms with Crippen LogP contribution in [0, 0.1) is 5.92 Å². The summed E-state index contributed by atoms with van der Waals surface area (Å²) in [7, 11) is 0. The fourth-order valence-electron chi connectivity index (χ4n) is 2.93. The van der Waals surface area contributed by atoms with E-state index in [-0.39, 0.29) is 29.8 Å². The second-order valence-electron chi connectivity index (χ2n) is 6.03. The molecule has 0 aromatic carbocycles. The number of carbonyl (C=O) groups is 2. The number of nitrogens with one attached hydrogen (secondary N) is 1. The van der Waals surface area contributed by atoms with E-state index in [1.807, 2.05) is 44.0 Å². The van der Waals surface area contributed by atoms with Crippen molar-refractivity contribution < 1.29 is 9.59 Å². The zero-order valence-corrected chi connectivity index (χ0v) is 13.9. The summed E-state index contributed by atoms with van der Waals surface area (Å²) in [4.78, 5) is 28.1. The highest BCUT2D eigenvalue weighted by Crippen LogP contribution is 2.23. The third-order valence-corrected chi connectivity index (χ3v) is 4.96. The van der Waals surface area contributed by atoms with E-state index in [2.05, 4.69) is 11.4 Å². The Hall–Kier alpha value is -1.36. The van der Waals surface area contributed by atoms with Crippen LogP contribution in [-0.2, 0) is 16.0 Å². The second kappa shape index (κ2) is 6.60. The van der Waals surface area contributed by atoms with Crippen LogP contribution in [0.25, 0.3) is 0 Å². The Morgan fingerprint density at radius 2 is 2.05 bits per heavy atom. The molecule has 5 heteroatoms. The average molecular weight is 308 g/mol. The minimum Gasteiger partial charge on any atom is -0.342 e. The summed E-state index contributed by atoms with van der Waals surface area (Å²) in [5, 5.41) is 4.93. The molecule has 4 nitrogen and oxygen atoms in total. The molecule has 1 aliphatic heterocycles. The minimum absolute atomic E-state index is 0.0196. The van der Waals surface area contributed by atoms with E-state index in [0.717, 1.165) is 6.42 Å². The molecule has 2 amide bonds. The van der Waals surface area contributed by atoms with E-state index in [1.165, 1.54) is 4.88 Å². The van der Waals surface area contributed by atoms with Gasteiger partial charge in [-0.3, -0.25) is 9.59 Å². The van der Waals surface area contributed by atoms with Gasteiger partial charge in [0.1, 0.15) is 12.1 Å². The normalized spacial score (nSPS) is 24.3. The smallest absolute Gasteiger partial charge is 0.246 e. The first-order chi connectivity index (χ1) is 9.95. The lowest BCUT2D eigenvalue weighted by Gasteiger charge is -2.43. The highest BCUT2D eigenvalue weighted by atomic mass is 32.1. The SMILES string of the molecule is CCC1C(=O)NC(C(C)C)C(=O)N1C(C)Cc1cccs1. The summed E-state index contributed by atoms with van der Waals surface area (Å²) in [6.07, 6.45) is 1.45. The first-order valence-corrected chi connectivity index (χ1v) is 8.48. The molecule has 3 atom stereocenters. The minimum atomic E-state index is -0.397. The van der Waals surface area contributed by atoms with Crippen LogP contribution in [-0.4, -0.2) is 34.8 Å². The number of carbonyl (C=O) groups excluding carboxylic acids is 2. The van der Waals surface area contributed by atoms with Crippen LogP contribution in [0.5, 0.6) is 0 Å². The van der Waals surface area contributed by atoms with Gasteiger partial charge in [-0.15, -0.1) is 11.3 Å². The molecule has 0 radical (unpaired) electrons. The van der Waals surface area contributed by atoms with Gasteiger partial charge in [0, 0.05) is 17.3 Å². The van der Waals surface area contributed by atoms with Crippen LogP contribution in [0.1, 0.15) is 39.0 Å². The van der Waals surface area contributed by atoms with Gasteiger partial charge in [0.15, 0.2) is 0 Å². The van der Waals surface area contributed by atoms with Gasteiger partial charge in [-0.2, -0.15) is 0 Å². The first kappa shape index (κ1) is 16.0. The summed E-state index contributed by atoms with van der Waals surface area (Å²) >= 11 is 1.69. The highest BCUT2D eigenvalue weighted by Gasteiger charge is 2.42. The fraction of sp³-hybridized carbons (Fsp3) is 0.625. The predicted molar refractivity (Wildman–Crippen MR) is 85.2 cm³/mol. The van der Waals surface area contributed by atoms with Gasteiger partial charge in [-0.05, 0) is 30.7 Å². The van der Waals surface area contributed by atoms with E-state index in [4.69, 9.17) is 0 Å². The second-order valence-corrected chi connectivity index (χ2v) is 7.06. The average Bonchev–Trinajstić information content (AvgIpc) is 2.92. The Labute approximate surface area is 130 Å². The number of hydrogen-bond donors (Lipinski definition) is 1. The lowest BCUT2D eigenvalue weighted by atomic mass is 9.95. The largest absolute Gasteiger partial charge is 0.342 e. The Kier molecular flexibility index (Phi) is 5.04. The summed E-state index contributed by atoms with van der Waals surface area (Å²) in [5.74, 6) is 0.144. The van der Waals surface area contributed by atoms with Crippen molar-refractivity contribution in [2.24, 2.45) is 5.92 Å². The van der Waals surface area contributed by atoms with E-state index in [1.54, 1.807) is 11.3 Å². The molecule has 1 N–H and O–H groups in total. The monoisotopic (exact) mass is 308 g/mol. The molecule has 2 heterocycles. The van der Waals surface area contributed by atoms with Crippen molar-refractivity contribution in [2.75, 3.05) is 0 Å². The Morgan fingerprint density at radius 1 is 1.33 bits per heavy atom. The van der Waals surface area contributed by atoms with E-state index >= 15 is 0 Å². The van der Waals surface area contributed by atoms with Crippen LogP contribution < -0.4 is 5.32 Å². The van der Waals surface area contributed by atoms with Crippen LogP contribution in [0.4, 0.5) is 0 Å². The maximum Gasteiger partial charge on any atom is 0.246 e. The highest BCUT2D eigenvalue weighted by molar-refractivity contribution is 7.09. The van der Waals surface area contributed by atoms with Crippen LogP contribution >= 0.6 is 11.3 Å². The molecular formula is C16H24N2O2S. The number of rotatable bonds is 5. The molecule has 1 saturated heterocycles. The van der Waals surface area contributed by atoms with Crippen molar-refractivity contribution in [2.45, 2.75) is 58.7 Å². The van der Waals surface area contributed by atoms with Gasteiger partial charge < -0.3 is 10.2 Å². The van der Waals surface area contributed by atoms with Crippen LogP contribution in [0.2, 0.25) is 0 Å². The standard InChI is InChI=1S/C16H24N2O2S/c1-5-13-15(19)17-14(10(2)3)16(20)18(13)11(4)9-12-7-6-8-21-12/h6-8,10-11,13-14H,5,9H2,1-4H3,(H,17,19). The molecule has 0 saturated carbocycles. The van der Waals surface area contributed by atoms with E-state index in [9.17, 15) is 9.59 Å². The molecule has 1 aromatic heterocycles. The lowest BCUT2D eigenvalue weighted by molar-refractivity contribution is -0.153. The topological polar surface area (TPSA) is 49.4 Å². The van der Waals surface area contributed by atoms with Gasteiger partial charge in [0.25, 0.3) is 0 Å². The number of hydrogen-bond acceptors (Lipinski definition) is 3. The number of piperazine rings is 1. The number of amides is 2. The first-order valence-electron chi connectivity index (χ1n) is 7.60. The van der Waals surface area contributed by atoms with Crippen molar-refractivity contribution in [1.82, 2.24) is 10.2 Å². The fourth-order valence-corrected chi connectivity index (χ4v) is 3.75. The van der Waals surface area contributed by atoms with Gasteiger partial charge >= 0.3 is 0 Å². The summed E-state index contributed by atoms with van der Waals surface area (Å²) in [6, 6.07) is 3.39. The molecule has 1 fully saturated rings. The lowest BCUT2D eigenvalue weighted by Crippen LogP contribution is -2.66. The van der Waals surface area contributed by atoms with Gasteiger partial charge in [0.05, 0.1) is 0 Å². The van der Waals surface area contributed by atoms with E-state index < -0.39 is 6.04 Å². The van der Waals surface area contributed by atoms with E-state index in [0.29, 0.717) is 6.42 Å². The molecule has 116 valence electrons. The summed E-state index contributed by atoms with van der Waals surface area (Å²) in [6.45, 7) is 7.93. The summed E-state index contributed by atoms with van der Waals surface area (Å²) in [5.41, 5.74) is 0.